The number of hydrogen-bond donors (Lipinski definition) is 2. The molecule has 0 spiro atoms. The Kier molecular flexibility index (Phi) is 5.12. The number of phenols is 2. The van der Waals surface area contributed by atoms with Gasteiger partial charge in [-0.1, -0.05) is 45.9 Å². The van der Waals surface area contributed by atoms with Crippen molar-refractivity contribution in [3.8, 4) is 22.6 Å². The second-order valence-corrected chi connectivity index (χ2v) is 5.57. The molecule has 0 radical (unpaired) electrons. The van der Waals surface area contributed by atoms with Crippen LogP contribution in [-0.2, 0) is 25.7 Å². The lowest BCUT2D eigenvalue weighted by molar-refractivity contribution is 0.463. The Morgan fingerprint density at radius 2 is 1.18 bits per heavy atom. The quantitative estimate of drug-likeness (QED) is 0.814. The van der Waals surface area contributed by atoms with Gasteiger partial charge in [-0.15, -0.1) is 0 Å². The Bertz CT molecular complexity index is 672. The summed E-state index contributed by atoms with van der Waals surface area (Å²) < 4.78 is 0. The normalized spacial score (nSPS) is 10.9. The van der Waals surface area contributed by atoms with E-state index in [1.807, 2.05) is 18.2 Å². The standard InChI is InChI=1S/C20H26O2/c1-5-13-14(6-2)16(8-4)20(22)19(15(13)7-3)17-11-9-10-12-18(17)21/h9-12,21-22H,5-8H2,1-4H3. The van der Waals surface area contributed by atoms with Crippen molar-refractivity contribution in [2.75, 3.05) is 0 Å². The molecule has 0 aliphatic rings. The molecule has 2 aromatic carbocycles. The summed E-state index contributed by atoms with van der Waals surface area (Å²) in [6.07, 6.45) is 3.51. The Labute approximate surface area is 133 Å². The van der Waals surface area contributed by atoms with Gasteiger partial charge < -0.3 is 10.2 Å². The minimum Gasteiger partial charge on any atom is -0.507 e. The van der Waals surface area contributed by atoms with Gasteiger partial charge in [-0.2, -0.15) is 0 Å². The van der Waals surface area contributed by atoms with Crippen LogP contribution in [0.2, 0.25) is 0 Å². The van der Waals surface area contributed by atoms with E-state index in [1.165, 1.54) is 11.1 Å². The molecule has 2 nitrogen and oxygen atoms in total. The van der Waals surface area contributed by atoms with Crippen molar-refractivity contribution in [2.24, 2.45) is 0 Å². The smallest absolute Gasteiger partial charge is 0.127 e. The Morgan fingerprint density at radius 1 is 0.682 bits per heavy atom. The average molecular weight is 298 g/mol. The van der Waals surface area contributed by atoms with Gasteiger partial charge in [0.25, 0.3) is 0 Å². The van der Waals surface area contributed by atoms with E-state index in [0.717, 1.165) is 47.9 Å². The van der Waals surface area contributed by atoms with E-state index in [1.54, 1.807) is 6.07 Å². The van der Waals surface area contributed by atoms with Crippen molar-refractivity contribution in [1.29, 1.82) is 0 Å². The molecule has 0 aliphatic heterocycles. The first kappa shape index (κ1) is 16.4. The van der Waals surface area contributed by atoms with Crippen LogP contribution < -0.4 is 0 Å². The van der Waals surface area contributed by atoms with Crippen molar-refractivity contribution in [1.82, 2.24) is 0 Å². The largest absolute Gasteiger partial charge is 0.507 e. The minimum absolute atomic E-state index is 0.223. The summed E-state index contributed by atoms with van der Waals surface area (Å²) in [5.41, 5.74) is 6.33. The lowest BCUT2D eigenvalue weighted by Crippen LogP contribution is -2.06. The van der Waals surface area contributed by atoms with Gasteiger partial charge in [0.2, 0.25) is 0 Å². The topological polar surface area (TPSA) is 40.5 Å². The first-order valence-corrected chi connectivity index (χ1v) is 8.27. The van der Waals surface area contributed by atoms with Crippen molar-refractivity contribution >= 4 is 0 Å². The maximum absolute atomic E-state index is 10.9. The zero-order valence-corrected chi connectivity index (χ0v) is 14.0. The van der Waals surface area contributed by atoms with Gasteiger partial charge in [0.05, 0.1) is 0 Å². The highest BCUT2D eigenvalue weighted by Crippen LogP contribution is 2.44. The van der Waals surface area contributed by atoms with Gasteiger partial charge in [0.1, 0.15) is 11.5 Å². The highest BCUT2D eigenvalue weighted by atomic mass is 16.3. The van der Waals surface area contributed by atoms with Crippen molar-refractivity contribution in [3.05, 3.63) is 46.5 Å². The van der Waals surface area contributed by atoms with E-state index >= 15 is 0 Å². The van der Waals surface area contributed by atoms with Gasteiger partial charge in [-0.05, 0) is 54.0 Å². The summed E-state index contributed by atoms with van der Waals surface area (Å²) in [5, 5.41) is 21.2. The predicted molar refractivity (Wildman–Crippen MR) is 92.7 cm³/mol. The Morgan fingerprint density at radius 3 is 1.68 bits per heavy atom. The number of hydrogen-bond acceptors (Lipinski definition) is 2. The number of rotatable bonds is 5. The summed E-state index contributed by atoms with van der Waals surface area (Å²) in [4.78, 5) is 0. The lowest BCUT2D eigenvalue weighted by Gasteiger charge is -2.23. The predicted octanol–water partition coefficient (Wildman–Crippen LogP) is 5.01. The molecule has 0 atom stereocenters. The average Bonchev–Trinajstić information content (AvgIpc) is 2.54. The van der Waals surface area contributed by atoms with Crippen LogP contribution in [0, 0.1) is 0 Å². The summed E-state index contributed by atoms with van der Waals surface area (Å²) in [6, 6.07) is 7.27. The van der Waals surface area contributed by atoms with E-state index in [2.05, 4.69) is 27.7 Å². The third-order valence-corrected chi connectivity index (χ3v) is 4.50. The van der Waals surface area contributed by atoms with E-state index in [9.17, 15) is 10.2 Å². The third-order valence-electron chi connectivity index (χ3n) is 4.50. The molecular formula is C20H26O2. The first-order chi connectivity index (χ1) is 10.6. The van der Waals surface area contributed by atoms with Crippen LogP contribution >= 0.6 is 0 Å². The molecule has 0 fully saturated rings. The van der Waals surface area contributed by atoms with Crippen molar-refractivity contribution in [3.63, 3.8) is 0 Å². The third kappa shape index (κ3) is 2.58. The van der Waals surface area contributed by atoms with Crippen LogP contribution in [0.25, 0.3) is 11.1 Å². The fourth-order valence-corrected chi connectivity index (χ4v) is 3.55. The van der Waals surface area contributed by atoms with E-state index in [-0.39, 0.29) is 5.75 Å². The Balaban J connectivity index is 2.92. The highest BCUT2D eigenvalue weighted by Gasteiger charge is 2.22. The maximum Gasteiger partial charge on any atom is 0.127 e. The summed E-state index contributed by atoms with van der Waals surface area (Å²) in [7, 11) is 0. The first-order valence-electron chi connectivity index (χ1n) is 8.27. The maximum atomic E-state index is 10.9. The van der Waals surface area contributed by atoms with Gasteiger partial charge in [-0.25, -0.2) is 0 Å². The molecule has 118 valence electrons. The SMILES string of the molecule is CCc1c(O)c(-c2ccccc2O)c(CC)c(CC)c1CC. The molecule has 0 saturated carbocycles. The zero-order valence-electron chi connectivity index (χ0n) is 14.0. The highest BCUT2D eigenvalue weighted by molar-refractivity contribution is 5.81. The van der Waals surface area contributed by atoms with E-state index in [0.29, 0.717) is 5.75 Å². The van der Waals surface area contributed by atoms with Crippen molar-refractivity contribution in [2.45, 2.75) is 53.4 Å². The van der Waals surface area contributed by atoms with Crippen LogP contribution in [0.15, 0.2) is 24.3 Å². The minimum atomic E-state index is 0.223. The molecule has 2 N–H and O–H groups in total. The number of aromatic hydroxyl groups is 2. The molecule has 2 heteroatoms. The summed E-state index contributed by atoms with van der Waals surface area (Å²) >= 11 is 0. The summed E-state index contributed by atoms with van der Waals surface area (Å²) in [6.45, 7) is 8.50. The molecule has 0 bridgehead atoms. The van der Waals surface area contributed by atoms with Crippen LogP contribution in [-0.4, -0.2) is 10.2 Å². The molecule has 0 aromatic heterocycles. The van der Waals surface area contributed by atoms with Crippen LogP contribution in [0.4, 0.5) is 0 Å². The summed E-state index contributed by atoms with van der Waals surface area (Å²) in [5.74, 6) is 0.566. The van der Waals surface area contributed by atoms with Gasteiger partial charge in [0.15, 0.2) is 0 Å². The number of phenolic OH excluding ortho intramolecular Hbond substituents is 2. The van der Waals surface area contributed by atoms with Crippen LogP contribution in [0.5, 0.6) is 11.5 Å². The molecule has 0 amide bonds. The second-order valence-electron chi connectivity index (χ2n) is 5.57. The number of para-hydroxylation sites is 1. The lowest BCUT2D eigenvalue weighted by atomic mass is 9.83. The van der Waals surface area contributed by atoms with Gasteiger partial charge in [0, 0.05) is 11.1 Å². The van der Waals surface area contributed by atoms with Gasteiger partial charge in [-0.3, -0.25) is 0 Å². The molecule has 0 aliphatic carbocycles. The van der Waals surface area contributed by atoms with Gasteiger partial charge >= 0.3 is 0 Å². The fraction of sp³-hybridized carbons (Fsp3) is 0.400. The van der Waals surface area contributed by atoms with Crippen molar-refractivity contribution < 1.29 is 10.2 Å². The molecule has 22 heavy (non-hydrogen) atoms. The molecule has 0 unspecified atom stereocenters. The molecular weight excluding hydrogens is 272 g/mol. The molecule has 0 heterocycles. The zero-order chi connectivity index (χ0) is 16.3. The van der Waals surface area contributed by atoms with E-state index < -0.39 is 0 Å². The van der Waals surface area contributed by atoms with Crippen LogP contribution in [0.3, 0.4) is 0 Å². The molecule has 2 aromatic rings. The Hall–Kier alpha value is -1.96. The second kappa shape index (κ2) is 6.87. The molecule has 2 rings (SSSR count). The monoisotopic (exact) mass is 298 g/mol. The van der Waals surface area contributed by atoms with E-state index in [4.69, 9.17) is 0 Å². The molecule has 0 saturated heterocycles. The fourth-order valence-electron chi connectivity index (χ4n) is 3.55. The van der Waals surface area contributed by atoms with Crippen LogP contribution in [0.1, 0.15) is 49.9 Å². The number of benzene rings is 2.